The number of hydrogen-bond acceptors (Lipinski definition) is 6. The van der Waals surface area contributed by atoms with Crippen LogP contribution in [0.25, 0.3) is 0 Å². The number of hydrogen-bond donors (Lipinski definition) is 4. The lowest BCUT2D eigenvalue weighted by Gasteiger charge is -2.11. The van der Waals surface area contributed by atoms with Gasteiger partial charge in [0.25, 0.3) is 5.56 Å². The summed E-state index contributed by atoms with van der Waals surface area (Å²) >= 11 is 0. The van der Waals surface area contributed by atoms with Crippen LogP contribution in [0.5, 0.6) is 0 Å². The number of rotatable bonds is 5. The first-order chi connectivity index (χ1) is 9.13. The SMILES string of the molecule is CCn1c(N)c(NCCc2ncn[nH]2)c(=O)[nH]c1=O. The molecule has 2 heterocycles. The minimum Gasteiger partial charge on any atom is -0.383 e. The Bertz CT molecular complexity index is 656. The Morgan fingerprint density at radius 1 is 1.47 bits per heavy atom. The van der Waals surface area contributed by atoms with E-state index in [0.29, 0.717) is 25.3 Å². The summed E-state index contributed by atoms with van der Waals surface area (Å²) in [4.78, 5) is 29.3. The monoisotopic (exact) mass is 265 g/mol. The molecule has 0 unspecified atom stereocenters. The normalized spacial score (nSPS) is 10.6. The van der Waals surface area contributed by atoms with E-state index >= 15 is 0 Å². The van der Waals surface area contributed by atoms with Crippen molar-refractivity contribution in [1.82, 2.24) is 24.7 Å². The lowest BCUT2D eigenvalue weighted by Crippen LogP contribution is -2.34. The van der Waals surface area contributed by atoms with E-state index in [2.05, 4.69) is 25.5 Å². The summed E-state index contributed by atoms with van der Waals surface area (Å²) in [5, 5.41) is 9.34. The first-order valence-electron chi connectivity index (χ1n) is 5.84. The Labute approximate surface area is 107 Å². The quantitative estimate of drug-likeness (QED) is 0.542. The van der Waals surface area contributed by atoms with Gasteiger partial charge in [0.2, 0.25) is 0 Å². The zero-order valence-corrected chi connectivity index (χ0v) is 10.4. The fourth-order valence-electron chi connectivity index (χ4n) is 1.73. The lowest BCUT2D eigenvalue weighted by atomic mass is 10.3. The van der Waals surface area contributed by atoms with E-state index in [1.807, 2.05) is 0 Å². The van der Waals surface area contributed by atoms with Gasteiger partial charge in [-0.05, 0) is 6.92 Å². The maximum absolute atomic E-state index is 11.7. The Morgan fingerprint density at radius 2 is 2.26 bits per heavy atom. The highest BCUT2D eigenvalue weighted by molar-refractivity contribution is 5.60. The van der Waals surface area contributed by atoms with Crippen molar-refractivity contribution in [3.63, 3.8) is 0 Å². The molecular formula is C10H15N7O2. The minimum atomic E-state index is -0.523. The van der Waals surface area contributed by atoms with Gasteiger partial charge in [-0.3, -0.25) is 19.4 Å². The maximum Gasteiger partial charge on any atom is 0.330 e. The van der Waals surface area contributed by atoms with Crippen LogP contribution in [0.4, 0.5) is 11.5 Å². The second-order valence-electron chi connectivity index (χ2n) is 3.87. The first kappa shape index (κ1) is 12.9. The maximum atomic E-state index is 11.7. The molecule has 0 aromatic carbocycles. The van der Waals surface area contributed by atoms with E-state index in [4.69, 9.17) is 5.73 Å². The number of nitrogen functional groups attached to an aromatic ring is 1. The third kappa shape index (κ3) is 2.64. The minimum absolute atomic E-state index is 0.133. The van der Waals surface area contributed by atoms with Crippen LogP contribution in [-0.4, -0.2) is 31.3 Å². The molecule has 0 saturated heterocycles. The number of aromatic nitrogens is 5. The summed E-state index contributed by atoms with van der Waals surface area (Å²) < 4.78 is 1.29. The molecule has 0 radical (unpaired) electrons. The van der Waals surface area contributed by atoms with Crippen molar-refractivity contribution in [1.29, 1.82) is 0 Å². The zero-order chi connectivity index (χ0) is 13.8. The summed E-state index contributed by atoms with van der Waals surface area (Å²) in [6.45, 7) is 2.61. The van der Waals surface area contributed by atoms with Crippen LogP contribution in [0.15, 0.2) is 15.9 Å². The van der Waals surface area contributed by atoms with Crippen LogP contribution in [0.2, 0.25) is 0 Å². The van der Waals surface area contributed by atoms with Gasteiger partial charge in [-0.2, -0.15) is 5.10 Å². The van der Waals surface area contributed by atoms with Crippen molar-refractivity contribution >= 4 is 11.5 Å². The highest BCUT2D eigenvalue weighted by Crippen LogP contribution is 2.09. The number of anilines is 2. The number of aromatic amines is 2. The van der Waals surface area contributed by atoms with Crippen LogP contribution in [-0.2, 0) is 13.0 Å². The summed E-state index contributed by atoms with van der Waals surface area (Å²) in [6, 6.07) is 0. The Hall–Kier alpha value is -2.58. The first-order valence-corrected chi connectivity index (χ1v) is 5.84. The molecule has 19 heavy (non-hydrogen) atoms. The van der Waals surface area contributed by atoms with E-state index in [-0.39, 0.29) is 11.5 Å². The highest BCUT2D eigenvalue weighted by atomic mass is 16.2. The van der Waals surface area contributed by atoms with Gasteiger partial charge in [0, 0.05) is 19.5 Å². The summed E-state index contributed by atoms with van der Waals surface area (Å²) in [6.07, 6.45) is 1.97. The van der Waals surface area contributed by atoms with Gasteiger partial charge in [0.15, 0.2) is 0 Å². The molecule has 0 bridgehead atoms. The number of H-pyrrole nitrogens is 2. The van der Waals surface area contributed by atoms with Crippen LogP contribution in [0.3, 0.4) is 0 Å². The number of nitrogens with one attached hydrogen (secondary N) is 3. The van der Waals surface area contributed by atoms with E-state index in [0.717, 1.165) is 0 Å². The average Bonchev–Trinajstić information content (AvgIpc) is 2.86. The van der Waals surface area contributed by atoms with Gasteiger partial charge in [-0.25, -0.2) is 9.78 Å². The van der Waals surface area contributed by atoms with Gasteiger partial charge >= 0.3 is 5.69 Å². The van der Waals surface area contributed by atoms with Crippen LogP contribution in [0, 0.1) is 0 Å². The molecule has 0 amide bonds. The fourth-order valence-corrected chi connectivity index (χ4v) is 1.73. The molecule has 0 atom stereocenters. The van der Waals surface area contributed by atoms with Crippen LogP contribution in [0.1, 0.15) is 12.7 Å². The molecule has 2 aromatic rings. The van der Waals surface area contributed by atoms with Gasteiger partial charge < -0.3 is 11.1 Å². The van der Waals surface area contributed by atoms with Crippen molar-refractivity contribution in [2.75, 3.05) is 17.6 Å². The molecule has 2 aromatic heterocycles. The molecule has 0 aliphatic heterocycles. The molecule has 0 spiro atoms. The predicted octanol–water partition coefficient (Wildman–Crippen LogP) is -1.09. The molecule has 0 aliphatic carbocycles. The smallest absolute Gasteiger partial charge is 0.330 e. The largest absolute Gasteiger partial charge is 0.383 e. The van der Waals surface area contributed by atoms with Crippen LogP contribution < -0.4 is 22.3 Å². The van der Waals surface area contributed by atoms with Gasteiger partial charge in [0.05, 0.1) is 0 Å². The lowest BCUT2D eigenvalue weighted by molar-refractivity contribution is 0.705. The third-order valence-corrected chi connectivity index (χ3v) is 2.68. The molecule has 0 aliphatic rings. The Kier molecular flexibility index (Phi) is 3.64. The molecule has 9 heteroatoms. The van der Waals surface area contributed by atoms with Gasteiger partial charge in [0.1, 0.15) is 23.7 Å². The van der Waals surface area contributed by atoms with E-state index in [1.54, 1.807) is 6.92 Å². The van der Waals surface area contributed by atoms with Crippen molar-refractivity contribution in [3.05, 3.63) is 33.0 Å². The predicted molar refractivity (Wildman–Crippen MR) is 70.0 cm³/mol. The summed E-state index contributed by atoms with van der Waals surface area (Å²) in [5.41, 5.74) is 4.96. The third-order valence-electron chi connectivity index (χ3n) is 2.68. The number of nitrogens with two attached hydrogens (primary N) is 1. The Morgan fingerprint density at radius 3 is 2.89 bits per heavy atom. The molecule has 9 nitrogen and oxygen atoms in total. The van der Waals surface area contributed by atoms with Crippen molar-refractivity contribution in [2.24, 2.45) is 0 Å². The Balaban J connectivity index is 2.16. The van der Waals surface area contributed by atoms with Gasteiger partial charge in [-0.1, -0.05) is 0 Å². The second-order valence-corrected chi connectivity index (χ2v) is 3.87. The standard InChI is InChI=1S/C10H15N7O2/c1-2-17-8(11)7(9(18)15-10(17)19)12-4-3-6-13-5-14-16-6/h5,12H,2-4,11H2,1H3,(H,13,14,16)(H,15,18,19). The van der Waals surface area contributed by atoms with E-state index in [9.17, 15) is 9.59 Å². The van der Waals surface area contributed by atoms with E-state index < -0.39 is 11.2 Å². The number of nitrogens with zero attached hydrogens (tertiary/aromatic N) is 3. The summed E-state index contributed by atoms with van der Waals surface area (Å²) in [7, 11) is 0. The molecule has 102 valence electrons. The fraction of sp³-hybridized carbons (Fsp3) is 0.400. The zero-order valence-electron chi connectivity index (χ0n) is 10.4. The van der Waals surface area contributed by atoms with Crippen molar-refractivity contribution in [3.8, 4) is 0 Å². The molecular weight excluding hydrogens is 250 g/mol. The molecule has 0 fully saturated rings. The van der Waals surface area contributed by atoms with Gasteiger partial charge in [-0.15, -0.1) is 0 Å². The van der Waals surface area contributed by atoms with Crippen molar-refractivity contribution in [2.45, 2.75) is 19.9 Å². The average molecular weight is 265 g/mol. The second kappa shape index (κ2) is 5.38. The van der Waals surface area contributed by atoms with Crippen molar-refractivity contribution < 1.29 is 0 Å². The topological polar surface area (TPSA) is 134 Å². The molecule has 2 rings (SSSR count). The van der Waals surface area contributed by atoms with E-state index in [1.165, 1.54) is 10.9 Å². The summed E-state index contributed by atoms with van der Waals surface area (Å²) in [5.74, 6) is 0.833. The molecule has 0 saturated carbocycles. The van der Waals surface area contributed by atoms with Crippen LogP contribution >= 0.6 is 0 Å². The molecule has 5 N–H and O–H groups in total. The highest BCUT2D eigenvalue weighted by Gasteiger charge is 2.10.